The number of hydrogen-bond acceptors (Lipinski definition) is 6. The van der Waals surface area contributed by atoms with Gasteiger partial charge < -0.3 is 9.52 Å². The van der Waals surface area contributed by atoms with E-state index in [1.165, 1.54) is 18.5 Å². The Bertz CT molecular complexity index is 1330. The fraction of sp³-hybridized carbons (Fsp3) is 0.130. The van der Waals surface area contributed by atoms with Crippen molar-refractivity contribution in [3.05, 3.63) is 72.9 Å². The number of aromatic nitrogens is 5. The van der Waals surface area contributed by atoms with E-state index >= 15 is 0 Å². The fourth-order valence-corrected chi connectivity index (χ4v) is 3.42. The fourth-order valence-electron chi connectivity index (χ4n) is 3.42. The number of aliphatic hydroxyl groups is 1. The number of aliphatic hydroxyl groups excluding tert-OH is 1. The number of aryl methyl sites for hydroxylation is 1. The molecule has 1 N–H and O–H groups in total. The maximum absolute atomic E-state index is 13.5. The van der Waals surface area contributed by atoms with Crippen LogP contribution in [0.3, 0.4) is 0 Å². The molecule has 0 aliphatic carbocycles. The van der Waals surface area contributed by atoms with Gasteiger partial charge in [0.2, 0.25) is 5.89 Å². The third-order valence-electron chi connectivity index (χ3n) is 4.90. The molecule has 154 valence electrons. The Morgan fingerprint density at radius 2 is 1.74 bits per heavy atom. The van der Waals surface area contributed by atoms with Crippen LogP contribution in [0.25, 0.3) is 45.2 Å². The van der Waals surface area contributed by atoms with E-state index in [4.69, 9.17) is 4.42 Å². The molecule has 0 saturated carbocycles. The lowest BCUT2D eigenvalue weighted by molar-refractivity contribution is 0.277. The standard InChI is InChI=1S/C23H18FN5O2/c24-17-9-7-15(8-10-17)19-18(13-29(28-19)11-4-12-30)20-21-23(26-14-25-20)31-22(27-21)16-5-2-1-3-6-16/h1-3,5-10,13-14,30H,4,11-12H2. The summed E-state index contributed by atoms with van der Waals surface area (Å²) in [6.07, 6.45) is 3.84. The number of fused-ring (bicyclic) bond motifs is 1. The van der Waals surface area contributed by atoms with Crippen molar-refractivity contribution in [3.63, 3.8) is 0 Å². The molecule has 5 rings (SSSR count). The van der Waals surface area contributed by atoms with Crippen LogP contribution in [0.1, 0.15) is 6.42 Å². The topological polar surface area (TPSA) is 89.9 Å². The summed E-state index contributed by atoms with van der Waals surface area (Å²) in [5.41, 5.74) is 4.42. The van der Waals surface area contributed by atoms with E-state index in [2.05, 4.69) is 20.1 Å². The predicted octanol–water partition coefficient (Wildman–Crippen LogP) is 4.34. The lowest BCUT2D eigenvalue weighted by atomic mass is 10.1. The van der Waals surface area contributed by atoms with Gasteiger partial charge in [-0.1, -0.05) is 18.2 Å². The van der Waals surface area contributed by atoms with Crippen LogP contribution in [0.2, 0.25) is 0 Å². The Hall–Kier alpha value is -3.91. The highest BCUT2D eigenvalue weighted by molar-refractivity contribution is 5.92. The van der Waals surface area contributed by atoms with Crippen molar-refractivity contribution in [2.75, 3.05) is 6.61 Å². The smallest absolute Gasteiger partial charge is 0.251 e. The van der Waals surface area contributed by atoms with E-state index in [0.29, 0.717) is 41.5 Å². The molecular weight excluding hydrogens is 397 g/mol. The van der Waals surface area contributed by atoms with Gasteiger partial charge in [-0.25, -0.2) is 14.4 Å². The monoisotopic (exact) mass is 415 g/mol. The maximum atomic E-state index is 13.5. The summed E-state index contributed by atoms with van der Waals surface area (Å²) in [7, 11) is 0. The predicted molar refractivity (Wildman–Crippen MR) is 113 cm³/mol. The van der Waals surface area contributed by atoms with Crippen LogP contribution in [0, 0.1) is 5.82 Å². The van der Waals surface area contributed by atoms with Gasteiger partial charge >= 0.3 is 0 Å². The van der Waals surface area contributed by atoms with Gasteiger partial charge in [0.1, 0.15) is 23.5 Å². The summed E-state index contributed by atoms with van der Waals surface area (Å²) in [4.78, 5) is 13.4. The van der Waals surface area contributed by atoms with Crippen LogP contribution in [0.4, 0.5) is 4.39 Å². The van der Waals surface area contributed by atoms with Crippen LogP contribution < -0.4 is 0 Å². The summed E-state index contributed by atoms with van der Waals surface area (Å²) in [6.45, 7) is 0.593. The van der Waals surface area contributed by atoms with Crippen LogP contribution in [0.15, 0.2) is 71.5 Å². The number of hydrogen-bond donors (Lipinski definition) is 1. The molecule has 0 amide bonds. The Labute approximate surface area is 176 Å². The molecular formula is C23H18FN5O2. The largest absolute Gasteiger partial charge is 0.418 e. The van der Waals surface area contributed by atoms with E-state index in [0.717, 1.165) is 16.7 Å². The molecule has 0 aliphatic heterocycles. The second kappa shape index (κ2) is 8.08. The number of benzene rings is 2. The van der Waals surface area contributed by atoms with Gasteiger partial charge in [-0.2, -0.15) is 10.1 Å². The van der Waals surface area contributed by atoms with Crippen molar-refractivity contribution >= 4 is 11.2 Å². The average Bonchev–Trinajstić information content (AvgIpc) is 3.43. The summed E-state index contributed by atoms with van der Waals surface area (Å²) < 4.78 is 21.1. The molecule has 31 heavy (non-hydrogen) atoms. The lowest BCUT2D eigenvalue weighted by Gasteiger charge is -2.02. The Balaban J connectivity index is 1.67. The van der Waals surface area contributed by atoms with Crippen LogP contribution in [-0.2, 0) is 6.54 Å². The summed E-state index contributed by atoms with van der Waals surface area (Å²) in [6, 6.07) is 15.7. The van der Waals surface area contributed by atoms with Crippen molar-refractivity contribution < 1.29 is 13.9 Å². The lowest BCUT2D eigenvalue weighted by Crippen LogP contribution is -2.00. The first kappa shape index (κ1) is 19.1. The Morgan fingerprint density at radius 1 is 0.935 bits per heavy atom. The second-order valence-corrected chi connectivity index (χ2v) is 7.00. The SMILES string of the molecule is OCCCn1cc(-c2ncnc3oc(-c4ccccc4)nc23)c(-c2ccc(F)cc2)n1. The molecule has 3 heterocycles. The van der Waals surface area contributed by atoms with Gasteiger partial charge in [-0.15, -0.1) is 0 Å². The van der Waals surface area contributed by atoms with Crippen molar-refractivity contribution in [2.45, 2.75) is 13.0 Å². The number of rotatable bonds is 6. The first-order chi connectivity index (χ1) is 15.2. The number of nitrogens with zero attached hydrogens (tertiary/aromatic N) is 5. The van der Waals surface area contributed by atoms with E-state index in [1.807, 2.05) is 36.5 Å². The maximum Gasteiger partial charge on any atom is 0.251 e. The van der Waals surface area contributed by atoms with Crippen molar-refractivity contribution in [2.24, 2.45) is 0 Å². The molecule has 3 aromatic heterocycles. The molecule has 8 heteroatoms. The second-order valence-electron chi connectivity index (χ2n) is 7.00. The molecule has 2 aromatic carbocycles. The summed E-state index contributed by atoms with van der Waals surface area (Å²) in [5.74, 6) is 0.131. The Morgan fingerprint density at radius 3 is 2.52 bits per heavy atom. The zero-order valence-electron chi connectivity index (χ0n) is 16.4. The summed E-state index contributed by atoms with van der Waals surface area (Å²) in [5, 5.41) is 13.9. The van der Waals surface area contributed by atoms with Gasteiger partial charge in [-0.3, -0.25) is 4.68 Å². The van der Waals surface area contributed by atoms with Gasteiger partial charge in [0.15, 0.2) is 5.52 Å². The molecule has 0 aliphatic rings. The van der Waals surface area contributed by atoms with Crippen LogP contribution in [0.5, 0.6) is 0 Å². The van der Waals surface area contributed by atoms with Gasteiger partial charge in [0.25, 0.3) is 5.71 Å². The molecule has 5 aromatic rings. The zero-order chi connectivity index (χ0) is 21.2. The average molecular weight is 415 g/mol. The van der Waals surface area contributed by atoms with E-state index in [9.17, 15) is 9.50 Å². The third-order valence-corrected chi connectivity index (χ3v) is 4.90. The highest BCUT2D eigenvalue weighted by Gasteiger charge is 2.21. The number of oxazole rings is 1. The minimum Gasteiger partial charge on any atom is -0.418 e. The molecule has 0 bridgehead atoms. The molecule has 0 fully saturated rings. The molecule has 0 spiro atoms. The van der Waals surface area contributed by atoms with Gasteiger partial charge in [0, 0.05) is 36.0 Å². The van der Waals surface area contributed by atoms with E-state index < -0.39 is 0 Å². The van der Waals surface area contributed by atoms with Crippen molar-refractivity contribution in [3.8, 4) is 34.0 Å². The highest BCUT2D eigenvalue weighted by Crippen LogP contribution is 2.35. The first-order valence-corrected chi connectivity index (χ1v) is 9.84. The van der Waals surface area contributed by atoms with Gasteiger partial charge in [0.05, 0.1) is 0 Å². The van der Waals surface area contributed by atoms with Gasteiger partial charge in [-0.05, 0) is 42.8 Å². The number of halogens is 1. The Kier molecular flexibility index (Phi) is 4.97. The van der Waals surface area contributed by atoms with E-state index in [1.54, 1.807) is 16.8 Å². The van der Waals surface area contributed by atoms with Crippen LogP contribution >= 0.6 is 0 Å². The minimum absolute atomic E-state index is 0.0581. The van der Waals surface area contributed by atoms with Crippen molar-refractivity contribution in [1.82, 2.24) is 24.7 Å². The molecule has 0 saturated heterocycles. The zero-order valence-corrected chi connectivity index (χ0v) is 16.4. The quantitative estimate of drug-likeness (QED) is 0.444. The van der Waals surface area contributed by atoms with Crippen molar-refractivity contribution in [1.29, 1.82) is 0 Å². The minimum atomic E-state index is -0.321. The normalized spacial score (nSPS) is 11.3. The highest BCUT2D eigenvalue weighted by atomic mass is 19.1. The molecule has 0 atom stereocenters. The first-order valence-electron chi connectivity index (χ1n) is 9.84. The van der Waals surface area contributed by atoms with E-state index in [-0.39, 0.29) is 12.4 Å². The molecule has 0 radical (unpaired) electrons. The van der Waals surface area contributed by atoms with Crippen LogP contribution in [-0.4, -0.2) is 36.4 Å². The molecule has 7 nitrogen and oxygen atoms in total. The third kappa shape index (κ3) is 3.69. The molecule has 0 unspecified atom stereocenters. The summed E-state index contributed by atoms with van der Waals surface area (Å²) >= 11 is 0.